The third-order valence-corrected chi connectivity index (χ3v) is 5.82. The molecular weight excluding hydrogens is 400 g/mol. The molecule has 158 valence electrons. The van der Waals surface area contributed by atoms with E-state index in [1.165, 1.54) is 5.56 Å². The Bertz CT molecular complexity index is 972. The van der Waals surface area contributed by atoms with Gasteiger partial charge >= 0.3 is 0 Å². The first kappa shape index (κ1) is 20.8. The first-order valence-corrected chi connectivity index (χ1v) is 11.2. The average molecular weight is 427 g/mol. The Hall–Kier alpha value is -2.46. The number of hydrogen-bond acceptors (Lipinski definition) is 5. The van der Waals surface area contributed by atoms with Crippen molar-refractivity contribution in [3.05, 3.63) is 77.4 Å². The molecule has 1 atom stereocenters. The number of likely N-dealkylation sites (tertiary alicyclic amines) is 1. The molecule has 2 aromatic heterocycles. The van der Waals surface area contributed by atoms with Crippen molar-refractivity contribution >= 4 is 11.3 Å². The number of hydrogen-bond donors (Lipinski definition) is 2. The lowest BCUT2D eigenvalue weighted by molar-refractivity contribution is 0.202. The van der Waals surface area contributed by atoms with E-state index in [1.807, 2.05) is 41.2 Å². The molecule has 0 spiro atoms. The molecule has 1 fully saturated rings. The van der Waals surface area contributed by atoms with Crippen molar-refractivity contribution in [3.8, 4) is 0 Å². The van der Waals surface area contributed by atoms with Crippen LogP contribution in [0, 0.1) is 0 Å². The normalized spacial score (nSPS) is 16.6. The zero-order valence-electron chi connectivity index (χ0n) is 16.7. The summed E-state index contributed by atoms with van der Waals surface area (Å²) in [5, 5.41) is 8.55. The highest BCUT2D eigenvalue weighted by Crippen LogP contribution is 2.29. The molecule has 30 heavy (non-hydrogen) atoms. The van der Waals surface area contributed by atoms with Gasteiger partial charge in [0.25, 0.3) is 0 Å². The van der Waals surface area contributed by atoms with E-state index >= 15 is 0 Å². The summed E-state index contributed by atoms with van der Waals surface area (Å²) in [7, 11) is 0. The zero-order chi connectivity index (χ0) is 20.8. The molecule has 2 N–H and O–H groups in total. The summed E-state index contributed by atoms with van der Waals surface area (Å²) in [6.45, 7) is 3.86. The maximum absolute atomic E-state index is 10.8. The molecule has 0 bridgehead atoms. The Morgan fingerprint density at radius 2 is 1.97 bits per heavy atom. The Morgan fingerprint density at radius 1 is 1.10 bits per heavy atom. The van der Waals surface area contributed by atoms with Crippen LogP contribution in [0.5, 0.6) is 0 Å². The number of benzene rings is 1. The van der Waals surface area contributed by atoms with Crippen molar-refractivity contribution in [1.82, 2.24) is 29.6 Å². The first-order valence-electron chi connectivity index (χ1n) is 10.1. The number of aromatic nitrogens is 4. The van der Waals surface area contributed by atoms with Crippen molar-refractivity contribution in [2.24, 2.45) is 0 Å². The third-order valence-electron chi connectivity index (χ3n) is 5.43. The molecule has 1 saturated heterocycles. The molecular formula is C21H26N6O2S. The fourth-order valence-electron chi connectivity index (χ4n) is 3.90. The second-order valence-electron chi connectivity index (χ2n) is 7.59. The molecule has 8 nitrogen and oxygen atoms in total. The van der Waals surface area contributed by atoms with Crippen molar-refractivity contribution in [2.75, 3.05) is 13.1 Å². The van der Waals surface area contributed by atoms with Crippen LogP contribution < -0.4 is 4.72 Å². The Balaban J connectivity index is 1.28. The highest BCUT2D eigenvalue weighted by Gasteiger charge is 2.21. The molecule has 0 aliphatic carbocycles. The molecule has 9 heteroatoms. The Labute approximate surface area is 178 Å². The minimum atomic E-state index is -1.98. The van der Waals surface area contributed by atoms with Gasteiger partial charge in [0, 0.05) is 19.3 Å². The molecule has 1 aromatic carbocycles. The number of nitrogens with one attached hydrogen (secondary N) is 1. The lowest BCUT2D eigenvalue weighted by Gasteiger charge is -2.31. The van der Waals surface area contributed by atoms with Crippen molar-refractivity contribution in [3.63, 3.8) is 0 Å². The summed E-state index contributed by atoms with van der Waals surface area (Å²) >= 11 is -1.98. The van der Waals surface area contributed by atoms with Crippen LogP contribution in [-0.2, 0) is 30.9 Å². The largest absolute Gasteiger partial charge is 0.297 e. The van der Waals surface area contributed by atoms with Gasteiger partial charge in [-0.1, -0.05) is 35.5 Å². The number of nitrogens with zero attached hydrogens (tertiary/aromatic N) is 5. The van der Waals surface area contributed by atoms with Gasteiger partial charge in [-0.05, 0) is 55.1 Å². The molecule has 0 saturated carbocycles. The first-order chi connectivity index (χ1) is 14.7. The molecule has 3 aromatic rings. The standard InChI is InChI=1S/C21H26N6O2S/c28-30(29)23-13-17-4-3-5-19(12-17)18-7-10-26(11-8-18)14-21-16-27(25-24-21)15-20-6-1-2-9-22-20/h1-6,9,12,16,18,23H,7-8,10-11,13-15H2,(H,28,29). The van der Waals surface area contributed by atoms with Crippen LogP contribution in [0.1, 0.15) is 41.3 Å². The Morgan fingerprint density at radius 3 is 2.73 bits per heavy atom. The topological polar surface area (TPSA) is 96.2 Å². The van der Waals surface area contributed by atoms with E-state index in [0.29, 0.717) is 19.0 Å². The quantitative estimate of drug-likeness (QED) is 0.537. The van der Waals surface area contributed by atoms with E-state index in [0.717, 1.165) is 49.4 Å². The van der Waals surface area contributed by atoms with E-state index in [-0.39, 0.29) is 0 Å². The number of rotatable bonds is 8. The molecule has 1 aliphatic rings. The second kappa shape index (κ2) is 10.0. The van der Waals surface area contributed by atoms with Gasteiger partial charge in [-0.2, -0.15) is 0 Å². The summed E-state index contributed by atoms with van der Waals surface area (Å²) in [5.74, 6) is 0.515. The molecule has 1 aliphatic heterocycles. The predicted octanol–water partition coefficient (Wildman–Crippen LogP) is 2.33. The minimum Gasteiger partial charge on any atom is -0.297 e. The van der Waals surface area contributed by atoms with Gasteiger partial charge in [0.1, 0.15) is 0 Å². The molecule has 3 heterocycles. The van der Waals surface area contributed by atoms with Gasteiger partial charge in [0.05, 0.1) is 24.1 Å². The summed E-state index contributed by atoms with van der Waals surface area (Å²) < 4.78 is 24.1. The lowest BCUT2D eigenvalue weighted by atomic mass is 9.88. The zero-order valence-corrected chi connectivity index (χ0v) is 17.5. The summed E-state index contributed by atoms with van der Waals surface area (Å²) in [6, 6.07) is 14.2. The third kappa shape index (κ3) is 5.79. The van der Waals surface area contributed by atoms with Crippen molar-refractivity contribution in [1.29, 1.82) is 0 Å². The minimum absolute atomic E-state index is 0.393. The van der Waals surface area contributed by atoms with Crippen LogP contribution in [0.25, 0.3) is 0 Å². The van der Waals surface area contributed by atoms with Gasteiger partial charge in [-0.15, -0.1) is 5.10 Å². The van der Waals surface area contributed by atoms with Crippen LogP contribution in [0.4, 0.5) is 0 Å². The molecule has 0 amide bonds. The highest BCUT2D eigenvalue weighted by atomic mass is 32.2. The molecule has 1 unspecified atom stereocenters. The predicted molar refractivity (Wildman–Crippen MR) is 115 cm³/mol. The van der Waals surface area contributed by atoms with E-state index in [9.17, 15) is 4.21 Å². The summed E-state index contributed by atoms with van der Waals surface area (Å²) in [6.07, 6.45) is 5.97. The van der Waals surface area contributed by atoms with E-state index in [2.05, 4.69) is 37.1 Å². The van der Waals surface area contributed by atoms with E-state index in [1.54, 1.807) is 6.20 Å². The molecule has 4 rings (SSSR count). The van der Waals surface area contributed by atoms with Gasteiger partial charge in [-0.25, -0.2) is 13.6 Å². The van der Waals surface area contributed by atoms with Gasteiger partial charge in [0.2, 0.25) is 11.3 Å². The fraction of sp³-hybridized carbons (Fsp3) is 0.381. The van der Waals surface area contributed by atoms with Crippen LogP contribution in [0.15, 0.2) is 54.9 Å². The Kier molecular flexibility index (Phi) is 6.96. The second-order valence-corrected chi connectivity index (χ2v) is 8.38. The van der Waals surface area contributed by atoms with Crippen molar-refractivity contribution < 1.29 is 8.76 Å². The number of piperidine rings is 1. The van der Waals surface area contributed by atoms with Crippen molar-refractivity contribution in [2.45, 2.75) is 38.4 Å². The van der Waals surface area contributed by atoms with Gasteiger partial charge in [-0.3, -0.25) is 14.4 Å². The lowest BCUT2D eigenvalue weighted by Crippen LogP contribution is -2.32. The number of pyridine rings is 1. The van der Waals surface area contributed by atoms with Crippen LogP contribution in [0.3, 0.4) is 0 Å². The van der Waals surface area contributed by atoms with Gasteiger partial charge < -0.3 is 0 Å². The van der Waals surface area contributed by atoms with E-state index < -0.39 is 11.3 Å². The maximum atomic E-state index is 10.8. The summed E-state index contributed by atoms with van der Waals surface area (Å²) in [5.41, 5.74) is 4.28. The average Bonchev–Trinajstić information content (AvgIpc) is 3.20. The highest BCUT2D eigenvalue weighted by molar-refractivity contribution is 7.77. The maximum Gasteiger partial charge on any atom is 0.232 e. The fourth-order valence-corrected chi connectivity index (χ4v) is 4.19. The van der Waals surface area contributed by atoms with Crippen LogP contribution in [0.2, 0.25) is 0 Å². The van der Waals surface area contributed by atoms with Crippen LogP contribution >= 0.6 is 0 Å². The SMILES string of the molecule is O=S(O)NCc1cccc(C2CCN(Cc3cn(Cc4ccccn4)nn3)CC2)c1. The van der Waals surface area contributed by atoms with Crippen LogP contribution in [-0.4, -0.2) is 46.7 Å². The smallest absolute Gasteiger partial charge is 0.232 e. The summed E-state index contributed by atoms with van der Waals surface area (Å²) in [4.78, 5) is 6.75. The molecule has 0 radical (unpaired) electrons. The van der Waals surface area contributed by atoms with Gasteiger partial charge in [0.15, 0.2) is 0 Å². The van der Waals surface area contributed by atoms with E-state index in [4.69, 9.17) is 4.55 Å². The monoisotopic (exact) mass is 426 g/mol.